The van der Waals surface area contributed by atoms with Crippen LogP contribution in [-0.4, -0.2) is 37.7 Å². The standard InChI is InChI=1S/C14H20F2N2O2/c1-10(2)9-18(7-8-20-3)14(19)17-12-6-4-5-11(15)13(12)16/h4-6,10H,7-9H2,1-3H3,(H,17,19). The topological polar surface area (TPSA) is 41.6 Å². The van der Waals surface area contributed by atoms with Gasteiger partial charge in [0, 0.05) is 20.2 Å². The van der Waals surface area contributed by atoms with Gasteiger partial charge < -0.3 is 15.0 Å². The first-order chi connectivity index (χ1) is 9.45. The van der Waals surface area contributed by atoms with Crippen LogP contribution in [0.1, 0.15) is 13.8 Å². The number of amides is 2. The van der Waals surface area contributed by atoms with Crippen molar-refractivity contribution in [1.82, 2.24) is 4.90 Å². The molecule has 1 N–H and O–H groups in total. The normalized spacial score (nSPS) is 10.7. The number of benzene rings is 1. The van der Waals surface area contributed by atoms with Crippen molar-refractivity contribution < 1.29 is 18.3 Å². The zero-order valence-electron chi connectivity index (χ0n) is 12.0. The van der Waals surface area contributed by atoms with Crippen molar-refractivity contribution in [2.75, 3.05) is 32.1 Å². The van der Waals surface area contributed by atoms with Crippen LogP contribution in [0.3, 0.4) is 0 Å². The van der Waals surface area contributed by atoms with Crippen molar-refractivity contribution >= 4 is 11.7 Å². The Balaban J connectivity index is 2.76. The van der Waals surface area contributed by atoms with Crippen LogP contribution in [0, 0.1) is 17.6 Å². The number of anilines is 1. The Morgan fingerprint density at radius 3 is 2.70 bits per heavy atom. The minimum atomic E-state index is -1.06. The van der Waals surface area contributed by atoms with Gasteiger partial charge in [-0.15, -0.1) is 0 Å². The summed E-state index contributed by atoms with van der Waals surface area (Å²) in [5.41, 5.74) is -0.166. The van der Waals surface area contributed by atoms with Gasteiger partial charge in [0.15, 0.2) is 11.6 Å². The van der Waals surface area contributed by atoms with Crippen molar-refractivity contribution in [3.63, 3.8) is 0 Å². The number of nitrogens with zero attached hydrogens (tertiary/aromatic N) is 1. The maximum atomic E-state index is 13.5. The highest BCUT2D eigenvalue weighted by atomic mass is 19.2. The van der Waals surface area contributed by atoms with E-state index < -0.39 is 17.7 Å². The molecular formula is C14H20F2N2O2. The molecule has 6 heteroatoms. The fourth-order valence-corrected chi connectivity index (χ4v) is 1.71. The second kappa shape index (κ2) is 7.79. The molecule has 0 aliphatic carbocycles. The number of nitrogens with one attached hydrogen (secondary N) is 1. The number of halogens is 2. The van der Waals surface area contributed by atoms with Crippen LogP contribution in [0.15, 0.2) is 18.2 Å². The number of rotatable bonds is 6. The molecule has 0 atom stereocenters. The predicted molar refractivity (Wildman–Crippen MR) is 73.7 cm³/mol. The number of ether oxygens (including phenoxy) is 1. The monoisotopic (exact) mass is 286 g/mol. The van der Waals surface area contributed by atoms with Gasteiger partial charge in [0.25, 0.3) is 0 Å². The molecule has 0 saturated carbocycles. The van der Waals surface area contributed by atoms with Gasteiger partial charge in [-0.25, -0.2) is 13.6 Å². The second-order valence-electron chi connectivity index (χ2n) is 4.86. The third kappa shape index (κ3) is 4.77. The molecule has 20 heavy (non-hydrogen) atoms. The second-order valence-corrected chi connectivity index (χ2v) is 4.86. The van der Waals surface area contributed by atoms with E-state index in [4.69, 9.17) is 4.74 Å². The molecule has 0 saturated heterocycles. The third-order valence-electron chi connectivity index (χ3n) is 2.63. The number of methoxy groups -OCH3 is 1. The van der Waals surface area contributed by atoms with E-state index in [1.165, 1.54) is 24.1 Å². The van der Waals surface area contributed by atoms with Gasteiger partial charge in [0.2, 0.25) is 0 Å². The molecule has 4 nitrogen and oxygen atoms in total. The molecule has 0 unspecified atom stereocenters. The lowest BCUT2D eigenvalue weighted by Gasteiger charge is -2.24. The molecule has 0 aromatic heterocycles. The van der Waals surface area contributed by atoms with Gasteiger partial charge in [0.1, 0.15) is 0 Å². The Labute approximate surface area is 117 Å². The van der Waals surface area contributed by atoms with E-state index in [9.17, 15) is 13.6 Å². The molecular weight excluding hydrogens is 266 g/mol. The van der Waals surface area contributed by atoms with Crippen LogP contribution in [-0.2, 0) is 4.74 Å². The largest absolute Gasteiger partial charge is 0.383 e. The van der Waals surface area contributed by atoms with E-state index in [0.29, 0.717) is 19.7 Å². The Morgan fingerprint density at radius 1 is 1.40 bits per heavy atom. The summed E-state index contributed by atoms with van der Waals surface area (Å²) in [7, 11) is 1.54. The minimum absolute atomic E-state index is 0.166. The SMILES string of the molecule is COCCN(CC(C)C)C(=O)Nc1cccc(F)c1F. The minimum Gasteiger partial charge on any atom is -0.383 e. The molecule has 1 rings (SSSR count). The number of carbonyl (C=O) groups is 1. The summed E-state index contributed by atoms with van der Waals surface area (Å²) in [5, 5.41) is 2.38. The molecule has 1 aromatic rings. The van der Waals surface area contributed by atoms with Crippen molar-refractivity contribution in [3.05, 3.63) is 29.8 Å². The van der Waals surface area contributed by atoms with E-state index in [1.807, 2.05) is 13.8 Å². The molecule has 1 aromatic carbocycles. The Kier molecular flexibility index (Phi) is 6.38. The van der Waals surface area contributed by atoms with Gasteiger partial charge in [-0.2, -0.15) is 0 Å². The first-order valence-corrected chi connectivity index (χ1v) is 6.44. The summed E-state index contributed by atoms with van der Waals surface area (Å²) in [4.78, 5) is 13.6. The number of carbonyl (C=O) groups excluding carboxylic acids is 1. The maximum Gasteiger partial charge on any atom is 0.322 e. The third-order valence-corrected chi connectivity index (χ3v) is 2.63. The fourth-order valence-electron chi connectivity index (χ4n) is 1.71. The highest BCUT2D eigenvalue weighted by Gasteiger charge is 2.17. The molecule has 0 heterocycles. The number of hydrogen-bond donors (Lipinski definition) is 1. The van der Waals surface area contributed by atoms with E-state index in [0.717, 1.165) is 6.07 Å². The zero-order chi connectivity index (χ0) is 15.1. The smallest absolute Gasteiger partial charge is 0.322 e. The van der Waals surface area contributed by atoms with Crippen LogP contribution >= 0.6 is 0 Å². The molecule has 0 spiro atoms. The molecule has 0 aliphatic rings. The first-order valence-electron chi connectivity index (χ1n) is 6.44. The van der Waals surface area contributed by atoms with Gasteiger partial charge in [-0.3, -0.25) is 0 Å². The van der Waals surface area contributed by atoms with E-state index >= 15 is 0 Å². The van der Waals surface area contributed by atoms with Crippen molar-refractivity contribution in [2.24, 2.45) is 5.92 Å². The molecule has 0 aliphatic heterocycles. The summed E-state index contributed by atoms with van der Waals surface area (Å²) < 4.78 is 31.5. The van der Waals surface area contributed by atoms with Gasteiger partial charge in [-0.1, -0.05) is 19.9 Å². The summed E-state index contributed by atoms with van der Waals surface area (Å²) in [6, 6.07) is 3.19. The Hall–Kier alpha value is -1.69. The highest BCUT2D eigenvalue weighted by Crippen LogP contribution is 2.17. The quantitative estimate of drug-likeness (QED) is 0.873. The highest BCUT2D eigenvalue weighted by molar-refractivity contribution is 5.89. The lowest BCUT2D eigenvalue weighted by molar-refractivity contribution is 0.150. The van der Waals surface area contributed by atoms with Crippen LogP contribution < -0.4 is 5.32 Å². The lowest BCUT2D eigenvalue weighted by atomic mass is 10.2. The Bertz CT molecular complexity index is 453. The molecule has 0 fully saturated rings. The van der Waals surface area contributed by atoms with Crippen LogP contribution in [0.25, 0.3) is 0 Å². The summed E-state index contributed by atoms with van der Waals surface area (Å²) in [6.45, 7) is 5.21. The Morgan fingerprint density at radius 2 is 2.10 bits per heavy atom. The first kappa shape index (κ1) is 16.4. The zero-order valence-corrected chi connectivity index (χ0v) is 12.0. The summed E-state index contributed by atoms with van der Waals surface area (Å²) >= 11 is 0. The molecule has 0 radical (unpaired) electrons. The van der Waals surface area contributed by atoms with Crippen molar-refractivity contribution in [1.29, 1.82) is 0 Å². The average molecular weight is 286 g/mol. The lowest BCUT2D eigenvalue weighted by Crippen LogP contribution is -2.39. The van der Waals surface area contributed by atoms with Gasteiger partial charge >= 0.3 is 6.03 Å². The number of urea groups is 1. The maximum absolute atomic E-state index is 13.5. The molecule has 2 amide bonds. The van der Waals surface area contributed by atoms with E-state index in [2.05, 4.69) is 5.32 Å². The van der Waals surface area contributed by atoms with Gasteiger partial charge in [0.05, 0.1) is 12.3 Å². The van der Waals surface area contributed by atoms with E-state index in [1.54, 1.807) is 0 Å². The number of hydrogen-bond acceptors (Lipinski definition) is 2. The molecule has 112 valence electrons. The van der Waals surface area contributed by atoms with Crippen molar-refractivity contribution in [2.45, 2.75) is 13.8 Å². The summed E-state index contributed by atoms with van der Waals surface area (Å²) in [6.07, 6.45) is 0. The van der Waals surface area contributed by atoms with Crippen LogP contribution in [0.4, 0.5) is 19.3 Å². The van der Waals surface area contributed by atoms with Gasteiger partial charge in [-0.05, 0) is 18.1 Å². The summed E-state index contributed by atoms with van der Waals surface area (Å²) in [5.74, 6) is -1.79. The average Bonchev–Trinajstić information content (AvgIpc) is 2.39. The van der Waals surface area contributed by atoms with Crippen molar-refractivity contribution in [3.8, 4) is 0 Å². The molecule has 0 bridgehead atoms. The predicted octanol–water partition coefficient (Wildman–Crippen LogP) is 3.10. The van der Waals surface area contributed by atoms with E-state index in [-0.39, 0.29) is 11.6 Å². The fraction of sp³-hybridized carbons (Fsp3) is 0.500. The van der Waals surface area contributed by atoms with Crippen LogP contribution in [0.2, 0.25) is 0 Å². The van der Waals surface area contributed by atoms with Crippen LogP contribution in [0.5, 0.6) is 0 Å².